The predicted octanol–water partition coefficient (Wildman–Crippen LogP) is 5.35. The summed E-state index contributed by atoms with van der Waals surface area (Å²) in [7, 11) is 0. The molecule has 0 heterocycles. The first-order valence-corrected chi connectivity index (χ1v) is 8.89. The van der Waals surface area contributed by atoms with Crippen molar-refractivity contribution in [2.45, 2.75) is 72.6 Å². The topological polar surface area (TPSA) is 37.3 Å². The van der Waals surface area contributed by atoms with Crippen LogP contribution >= 0.6 is 0 Å². The summed E-state index contributed by atoms with van der Waals surface area (Å²) in [5.74, 6) is 0.367. The quantitative estimate of drug-likeness (QED) is 0.709. The third kappa shape index (κ3) is 2.18. The summed E-state index contributed by atoms with van der Waals surface area (Å²) < 4.78 is 0. The standard InChI is InChI=1S/C20H30O2/c1-13(2)14-6-8-16-15(12-14)7-9-17-19(16,3)10-5-11-20(17,4)18(21)22/h12,16-17H,5-11H2,1-4H3,(H,21,22)/t16-,17?,19+,20+/m0/s1. The number of carboxylic acid groups (broad SMARTS) is 1. The number of carboxylic acids is 1. The maximum absolute atomic E-state index is 12.0. The molecule has 1 unspecified atom stereocenters. The fraction of sp³-hybridized carbons (Fsp3) is 0.750. The zero-order chi connectivity index (χ0) is 16.1. The second-order valence-electron chi connectivity index (χ2n) is 8.51. The van der Waals surface area contributed by atoms with E-state index >= 15 is 0 Å². The van der Waals surface area contributed by atoms with Gasteiger partial charge in [-0.1, -0.05) is 30.6 Å². The minimum absolute atomic E-state index is 0.183. The zero-order valence-corrected chi connectivity index (χ0v) is 14.5. The first-order chi connectivity index (χ1) is 10.3. The lowest BCUT2D eigenvalue weighted by Gasteiger charge is -2.58. The highest BCUT2D eigenvalue weighted by molar-refractivity contribution is 5.75. The maximum atomic E-state index is 12.0. The summed E-state index contributed by atoms with van der Waals surface area (Å²) >= 11 is 0. The highest BCUT2D eigenvalue weighted by Gasteiger charge is 2.57. The molecule has 2 fully saturated rings. The molecule has 3 rings (SSSR count). The van der Waals surface area contributed by atoms with Crippen molar-refractivity contribution in [2.24, 2.45) is 22.7 Å². The normalized spacial score (nSPS) is 41.3. The number of allylic oxidation sites excluding steroid dienone is 4. The van der Waals surface area contributed by atoms with Gasteiger partial charge in [0.1, 0.15) is 0 Å². The molecular formula is C20H30O2. The van der Waals surface area contributed by atoms with Gasteiger partial charge >= 0.3 is 5.97 Å². The van der Waals surface area contributed by atoms with Crippen LogP contribution in [0.2, 0.25) is 0 Å². The van der Waals surface area contributed by atoms with E-state index in [1.807, 2.05) is 6.92 Å². The number of rotatable bonds is 1. The molecule has 0 aromatic carbocycles. The van der Waals surface area contributed by atoms with Gasteiger partial charge in [0.25, 0.3) is 0 Å². The molecule has 22 heavy (non-hydrogen) atoms. The van der Waals surface area contributed by atoms with E-state index in [4.69, 9.17) is 0 Å². The van der Waals surface area contributed by atoms with E-state index in [1.54, 1.807) is 5.57 Å². The maximum Gasteiger partial charge on any atom is 0.309 e. The SMILES string of the molecule is CC(C)=C1C=C2CCC3[C@](C)(C(=O)O)CCC[C@]3(C)[C@H]2CC1. The molecule has 0 aromatic rings. The molecule has 3 aliphatic carbocycles. The molecule has 0 radical (unpaired) electrons. The van der Waals surface area contributed by atoms with Crippen LogP contribution in [0.5, 0.6) is 0 Å². The molecule has 122 valence electrons. The van der Waals surface area contributed by atoms with Crippen LogP contribution in [0.15, 0.2) is 22.8 Å². The summed E-state index contributed by atoms with van der Waals surface area (Å²) in [6.45, 7) is 8.82. The Kier molecular flexibility index (Phi) is 3.78. The van der Waals surface area contributed by atoms with Crippen molar-refractivity contribution in [1.82, 2.24) is 0 Å². The van der Waals surface area contributed by atoms with E-state index in [0.29, 0.717) is 11.8 Å². The van der Waals surface area contributed by atoms with Crippen molar-refractivity contribution in [3.8, 4) is 0 Å². The van der Waals surface area contributed by atoms with Gasteiger partial charge in [-0.25, -0.2) is 0 Å². The van der Waals surface area contributed by atoms with E-state index in [0.717, 1.165) is 25.7 Å². The molecule has 0 bridgehead atoms. The largest absolute Gasteiger partial charge is 0.481 e. The lowest BCUT2D eigenvalue weighted by atomic mass is 9.46. The molecule has 0 aliphatic heterocycles. The molecule has 1 N–H and O–H groups in total. The Labute approximate surface area is 134 Å². The molecule has 0 amide bonds. The van der Waals surface area contributed by atoms with Gasteiger partial charge in [0, 0.05) is 0 Å². The van der Waals surface area contributed by atoms with Crippen LogP contribution < -0.4 is 0 Å². The second kappa shape index (κ2) is 5.25. The smallest absolute Gasteiger partial charge is 0.309 e. The number of carbonyl (C=O) groups is 1. The Bertz CT molecular complexity index is 552. The Morgan fingerprint density at radius 1 is 1.18 bits per heavy atom. The first kappa shape index (κ1) is 15.8. The third-order valence-corrected chi connectivity index (χ3v) is 7.13. The average Bonchev–Trinajstić information content (AvgIpc) is 2.46. The minimum Gasteiger partial charge on any atom is -0.481 e. The fourth-order valence-electron chi connectivity index (χ4n) is 5.82. The number of hydrogen-bond acceptors (Lipinski definition) is 1. The van der Waals surface area contributed by atoms with Crippen LogP contribution in [0, 0.1) is 22.7 Å². The summed E-state index contributed by atoms with van der Waals surface area (Å²) in [6, 6.07) is 0. The van der Waals surface area contributed by atoms with Crippen LogP contribution in [0.3, 0.4) is 0 Å². The van der Waals surface area contributed by atoms with Crippen molar-refractivity contribution in [1.29, 1.82) is 0 Å². The molecule has 0 aromatic heterocycles. The highest BCUT2D eigenvalue weighted by Crippen LogP contribution is 2.63. The van der Waals surface area contributed by atoms with Crippen LogP contribution in [-0.2, 0) is 4.79 Å². The van der Waals surface area contributed by atoms with Crippen molar-refractivity contribution in [3.05, 3.63) is 22.8 Å². The first-order valence-electron chi connectivity index (χ1n) is 8.89. The van der Waals surface area contributed by atoms with Gasteiger partial charge in [0.2, 0.25) is 0 Å². The van der Waals surface area contributed by atoms with Gasteiger partial charge in [-0.15, -0.1) is 0 Å². The lowest BCUT2D eigenvalue weighted by Crippen LogP contribution is -2.53. The van der Waals surface area contributed by atoms with E-state index < -0.39 is 11.4 Å². The number of fused-ring (bicyclic) bond motifs is 3. The van der Waals surface area contributed by atoms with Gasteiger partial charge in [-0.05, 0) is 82.1 Å². The fourth-order valence-corrected chi connectivity index (χ4v) is 5.82. The van der Waals surface area contributed by atoms with Crippen molar-refractivity contribution in [3.63, 3.8) is 0 Å². The lowest BCUT2D eigenvalue weighted by molar-refractivity contribution is -0.164. The Hall–Kier alpha value is -1.05. The van der Waals surface area contributed by atoms with Crippen molar-refractivity contribution >= 4 is 5.97 Å². The van der Waals surface area contributed by atoms with Crippen LogP contribution in [0.1, 0.15) is 72.6 Å². The molecule has 2 heteroatoms. The van der Waals surface area contributed by atoms with E-state index in [-0.39, 0.29) is 5.41 Å². The summed E-state index contributed by atoms with van der Waals surface area (Å²) in [4.78, 5) is 12.0. The van der Waals surface area contributed by atoms with Crippen LogP contribution in [-0.4, -0.2) is 11.1 Å². The average molecular weight is 302 g/mol. The summed E-state index contributed by atoms with van der Waals surface area (Å²) in [5.41, 5.74) is 4.23. The molecule has 3 aliphatic rings. The Morgan fingerprint density at radius 3 is 2.55 bits per heavy atom. The summed E-state index contributed by atoms with van der Waals surface area (Å²) in [5, 5.41) is 9.84. The van der Waals surface area contributed by atoms with Gasteiger partial charge in [-0.2, -0.15) is 0 Å². The molecule has 2 nitrogen and oxygen atoms in total. The van der Waals surface area contributed by atoms with Gasteiger partial charge in [0.05, 0.1) is 5.41 Å². The molecule has 4 atom stereocenters. The predicted molar refractivity (Wildman–Crippen MR) is 89.6 cm³/mol. The monoisotopic (exact) mass is 302 g/mol. The number of aliphatic carboxylic acids is 1. The number of hydrogen-bond donors (Lipinski definition) is 1. The van der Waals surface area contributed by atoms with E-state index in [2.05, 4.69) is 26.8 Å². The van der Waals surface area contributed by atoms with Gasteiger partial charge in [-0.3, -0.25) is 4.79 Å². The van der Waals surface area contributed by atoms with Crippen molar-refractivity contribution < 1.29 is 9.90 Å². The Morgan fingerprint density at radius 2 is 1.91 bits per heavy atom. The van der Waals surface area contributed by atoms with Gasteiger partial charge in [0.15, 0.2) is 0 Å². The van der Waals surface area contributed by atoms with E-state index in [1.165, 1.54) is 30.4 Å². The Balaban J connectivity index is 1.99. The van der Waals surface area contributed by atoms with Crippen LogP contribution in [0.4, 0.5) is 0 Å². The molecule has 0 spiro atoms. The third-order valence-electron chi connectivity index (χ3n) is 7.13. The molecule has 0 saturated heterocycles. The summed E-state index contributed by atoms with van der Waals surface area (Å²) in [6.07, 6.45) is 10.1. The molecule has 2 saturated carbocycles. The molecular weight excluding hydrogens is 272 g/mol. The van der Waals surface area contributed by atoms with Crippen molar-refractivity contribution in [2.75, 3.05) is 0 Å². The minimum atomic E-state index is -0.573. The highest BCUT2D eigenvalue weighted by atomic mass is 16.4. The second-order valence-corrected chi connectivity index (χ2v) is 8.51. The zero-order valence-electron chi connectivity index (χ0n) is 14.5. The van der Waals surface area contributed by atoms with Gasteiger partial charge < -0.3 is 5.11 Å². The van der Waals surface area contributed by atoms with Crippen LogP contribution in [0.25, 0.3) is 0 Å². The van der Waals surface area contributed by atoms with E-state index in [9.17, 15) is 9.90 Å².